The monoisotopic (exact) mass is 912 g/mol. The first-order valence-corrected chi connectivity index (χ1v) is 23.0. The number of ether oxygens (including phenoxy) is 5. The zero-order chi connectivity index (χ0) is 47.0. The fourth-order valence-electron chi connectivity index (χ4n) is 9.44. The lowest BCUT2D eigenvalue weighted by atomic mass is 9.77. The summed E-state index contributed by atoms with van der Waals surface area (Å²) in [5, 5.41) is 23.3. The van der Waals surface area contributed by atoms with Crippen molar-refractivity contribution in [3.8, 4) is 11.3 Å². The normalized spacial score (nSPS) is 35.8. The summed E-state index contributed by atoms with van der Waals surface area (Å²) < 4.78 is 60.1. The smallest absolute Gasteiger partial charge is 0.410 e. The highest BCUT2D eigenvalue weighted by Crippen LogP contribution is 2.41. The number of alkyl halides is 1. The quantitative estimate of drug-likeness (QED) is 0.109. The number of esters is 1. The molecule has 356 valence electrons. The van der Waals surface area contributed by atoms with E-state index in [0.717, 1.165) is 5.56 Å². The van der Waals surface area contributed by atoms with Gasteiger partial charge in [0.25, 0.3) is 0 Å². The minimum absolute atomic E-state index is 0.173. The summed E-state index contributed by atoms with van der Waals surface area (Å²) in [4.78, 5) is 45.7. The van der Waals surface area contributed by atoms with Crippen LogP contribution in [-0.4, -0.2) is 154 Å². The number of aliphatic hydroxyl groups excluding tert-OH is 1. The first-order chi connectivity index (χ1) is 29.6. The molecule has 2 aromatic rings. The number of halogens is 2. The second kappa shape index (κ2) is 22.2. The van der Waals surface area contributed by atoms with Crippen LogP contribution in [0.2, 0.25) is 0 Å². The molecule has 3 unspecified atom stereocenters. The van der Waals surface area contributed by atoms with Gasteiger partial charge in [0.2, 0.25) is 0 Å². The number of fused-ring (bicyclic) bond motifs is 1. The molecule has 13 atom stereocenters. The van der Waals surface area contributed by atoms with E-state index in [4.69, 9.17) is 29.4 Å². The fourth-order valence-corrected chi connectivity index (χ4v) is 9.44. The Morgan fingerprint density at radius 2 is 1.78 bits per heavy atom. The number of likely N-dealkylation sites (N-methyl/N-ethyl adjacent to an activating group) is 1. The number of carbonyl (C=O) groups is 3. The van der Waals surface area contributed by atoms with Gasteiger partial charge >= 0.3 is 12.1 Å². The van der Waals surface area contributed by atoms with Gasteiger partial charge in [0.1, 0.15) is 29.5 Å². The van der Waals surface area contributed by atoms with Gasteiger partial charge < -0.3 is 44.7 Å². The number of unbranched alkanes of at least 4 members (excludes halogenated alkanes) is 1. The number of nitrogens with two attached hydrogens (primary N) is 1. The molecule has 63 heavy (non-hydrogen) atoms. The van der Waals surface area contributed by atoms with E-state index in [-0.39, 0.29) is 43.7 Å². The number of methoxy groups -OCH3 is 1. The predicted octanol–water partition coefficient (Wildman–Crippen LogP) is 5.61. The summed E-state index contributed by atoms with van der Waals surface area (Å²) in [5.74, 6) is -3.64. The molecule has 3 saturated heterocycles. The highest BCUT2D eigenvalue weighted by atomic mass is 32.2. The topological polar surface area (TPSA) is 193 Å². The summed E-state index contributed by atoms with van der Waals surface area (Å²) in [6, 6.07) is 5.85. The van der Waals surface area contributed by atoms with E-state index in [1.165, 1.54) is 27.2 Å². The van der Waals surface area contributed by atoms with E-state index < -0.39 is 83.2 Å². The molecular formula is C44H71F2N7O9S. The van der Waals surface area contributed by atoms with Crippen molar-refractivity contribution in [2.24, 2.45) is 11.8 Å². The molecule has 0 radical (unpaired) electrons. The summed E-state index contributed by atoms with van der Waals surface area (Å²) in [6.07, 6.45) is -0.232. The molecule has 0 saturated carbocycles. The molecule has 1 amide bonds. The molecule has 3 aliphatic heterocycles. The Bertz CT molecular complexity index is 1830. The van der Waals surface area contributed by atoms with Crippen molar-refractivity contribution in [3.63, 3.8) is 0 Å². The first kappa shape index (κ1) is 52.2. The van der Waals surface area contributed by atoms with Crippen molar-refractivity contribution >= 4 is 35.7 Å². The van der Waals surface area contributed by atoms with Gasteiger partial charge in [-0.2, -0.15) is 3.89 Å². The zero-order valence-corrected chi connectivity index (χ0v) is 39.8. The molecule has 19 heteroatoms. The van der Waals surface area contributed by atoms with Gasteiger partial charge in [0.05, 0.1) is 30.0 Å². The number of aryl methyl sites for hydroxylation is 1. The highest BCUT2D eigenvalue weighted by molar-refractivity contribution is 7.93. The fraction of sp³-hybridized carbons (Fsp3) is 0.750. The maximum absolute atomic E-state index is 17.1. The van der Waals surface area contributed by atoms with E-state index in [2.05, 4.69) is 15.6 Å². The molecule has 1 aromatic heterocycles. The summed E-state index contributed by atoms with van der Waals surface area (Å²) in [5.41, 5.74) is 3.35. The Kier molecular flexibility index (Phi) is 18.3. The molecular weight excluding hydrogens is 841 g/mol. The number of nitrogens with zero attached hydrogens (tertiary/aromatic N) is 5. The Balaban J connectivity index is 0.00000282. The third kappa shape index (κ3) is 12.5. The van der Waals surface area contributed by atoms with Crippen molar-refractivity contribution in [2.75, 3.05) is 46.3 Å². The molecule has 0 aliphatic carbocycles. The van der Waals surface area contributed by atoms with Crippen LogP contribution in [0.5, 0.6) is 0 Å². The Morgan fingerprint density at radius 3 is 2.40 bits per heavy atom. The maximum atomic E-state index is 17.1. The molecule has 0 bridgehead atoms. The minimum Gasteiger partial charge on any atom is -0.458 e. The van der Waals surface area contributed by atoms with Gasteiger partial charge in [-0.15, -0.1) is 5.10 Å². The Hall–Kier alpha value is -3.46. The number of benzene rings is 1. The van der Waals surface area contributed by atoms with Gasteiger partial charge in [-0.05, 0) is 93.5 Å². The second-order valence-electron chi connectivity index (χ2n) is 18.2. The number of aromatic nitrogens is 3. The number of hydrogen-bond donors (Lipinski definition) is 3. The molecule has 5 rings (SSSR count). The van der Waals surface area contributed by atoms with Crippen molar-refractivity contribution in [1.29, 1.82) is 0 Å². The van der Waals surface area contributed by atoms with E-state index in [9.17, 15) is 23.4 Å². The van der Waals surface area contributed by atoms with E-state index in [1.54, 1.807) is 36.4 Å². The van der Waals surface area contributed by atoms with Crippen LogP contribution < -0.4 is 11.1 Å². The number of Topliss-reactive ketones (excluding diaryl/α,β-unsaturated/α-hetero) is 1. The number of nitrogen functional groups attached to an aromatic ring is 1. The average Bonchev–Trinajstić information content (AvgIpc) is 3.80. The number of anilines is 1. The number of cyclic esters (lactones) is 1. The molecule has 4 heterocycles. The third-order valence-electron chi connectivity index (χ3n) is 12.8. The van der Waals surface area contributed by atoms with Crippen LogP contribution in [0.1, 0.15) is 87.5 Å². The van der Waals surface area contributed by atoms with E-state index in [1.807, 2.05) is 64.2 Å². The molecule has 0 spiro atoms. The van der Waals surface area contributed by atoms with Crippen LogP contribution in [-0.2, 0) is 39.8 Å². The van der Waals surface area contributed by atoms with Crippen molar-refractivity contribution in [2.45, 2.75) is 160 Å². The van der Waals surface area contributed by atoms with Gasteiger partial charge in [0.15, 0.2) is 17.7 Å². The summed E-state index contributed by atoms with van der Waals surface area (Å²) in [6.45, 7) is 14.1. The van der Waals surface area contributed by atoms with Crippen LogP contribution in [0, 0.1) is 11.8 Å². The van der Waals surface area contributed by atoms with Crippen LogP contribution >= 0.6 is 12.1 Å². The van der Waals surface area contributed by atoms with Gasteiger partial charge in [-0.25, -0.2) is 9.18 Å². The highest BCUT2D eigenvalue weighted by Gasteiger charge is 2.59. The number of rotatable bonds is 11. The number of hydrogen-bond acceptors (Lipinski definition) is 15. The second-order valence-corrected chi connectivity index (χ2v) is 18.5. The molecule has 1 aromatic carbocycles. The van der Waals surface area contributed by atoms with E-state index >= 15 is 4.39 Å². The molecule has 16 nitrogen and oxygen atoms in total. The van der Waals surface area contributed by atoms with Crippen molar-refractivity contribution in [1.82, 2.24) is 30.1 Å². The van der Waals surface area contributed by atoms with Gasteiger partial charge in [-0.1, -0.05) is 31.2 Å². The Morgan fingerprint density at radius 1 is 1.11 bits per heavy atom. The van der Waals surface area contributed by atoms with Crippen LogP contribution in [0.3, 0.4) is 0 Å². The number of aliphatic hydroxyl groups is 1. The standard InChI is InChI=1S/C43H68FN7O9.CH3FS/c1-12-33-43(8)36(51(40(55)60-43)19-14-13-18-50-22-31(47-48-50)29-16-15-17-30(45)21-29)28(5)46-24-41(6,44)23-42(7,56-11)37(26(3)34(52)27(4)38(54)58-33)59-39-35(53)32(49(9)10)20-25(2)57-39;1-3-2/h15-17,21-22,25-28,32-33,35-37,39,46,53H,12-14,18-20,23-24,45H2,1-11H3;1H3/t25-,26+,27-,28-,32?,33-,35?,36-,37-,39+,41?,42-,43-;/m1./s1. The lowest BCUT2D eigenvalue weighted by molar-refractivity contribution is -0.296. The molecule has 4 N–H and O–H groups in total. The van der Waals surface area contributed by atoms with Gasteiger partial charge in [-0.3, -0.25) is 19.2 Å². The van der Waals surface area contributed by atoms with Gasteiger partial charge in [0, 0.05) is 80.8 Å². The Labute approximate surface area is 375 Å². The lowest BCUT2D eigenvalue weighted by Gasteiger charge is -2.47. The van der Waals surface area contributed by atoms with Crippen LogP contribution in [0.15, 0.2) is 30.5 Å². The van der Waals surface area contributed by atoms with Crippen LogP contribution in [0.4, 0.5) is 18.8 Å². The lowest BCUT2D eigenvalue weighted by Crippen LogP contribution is -2.62. The number of ketones is 1. The number of carbonyl (C=O) groups excluding carboxylic acids is 3. The summed E-state index contributed by atoms with van der Waals surface area (Å²) >= 11 is 0.250. The maximum Gasteiger partial charge on any atom is 0.410 e. The first-order valence-electron chi connectivity index (χ1n) is 21.8. The van der Waals surface area contributed by atoms with Crippen LogP contribution in [0.25, 0.3) is 11.3 Å². The number of amides is 1. The number of nitrogens with one attached hydrogen (secondary N) is 1. The van der Waals surface area contributed by atoms with E-state index in [0.29, 0.717) is 43.7 Å². The SMILES string of the molecule is CC[C@H]1OC(=O)[C@H](C)C(=O)[C@H](C)[C@@H](O[C@@H]2O[C@H](C)CC(N(C)C)C2O)[C@](C)(OC)CC(C)(F)CN[C@H](C)[C@H]2N(CCCCn3cc(-c4cccc(N)c4)nn3)C(=O)O[C@]12C.CSF. The largest absolute Gasteiger partial charge is 0.458 e. The zero-order valence-electron chi connectivity index (χ0n) is 39.0. The third-order valence-corrected chi connectivity index (χ3v) is 12.8. The average molecular weight is 912 g/mol. The predicted molar refractivity (Wildman–Crippen MR) is 237 cm³/mol. The minimum atomic E-state index is -1.95. The van der Waals surface area contributed by atoms with Crippen molar-refractivity contribution in [3.05, 3.63) is 30.5 Å². The summed E-state index contributed by atoms with van der Waals surface area (Å²) in [7, 11) is 5.13. The molecule has 3 aliphatic rings. The molecule has 3 fully saturated rings. The van der Waals surface area contributed by atoms with Crippen molar-refractivity contribution < 1.29 is 51.5 Å².